The predicted octanol–water partition coefficient (Wildman–Crippen LogP) is 4.25. The van der Waals surface area contributed by atoms with Crippen LogP contribution in [0.4, 0.5) is 8.78 Å². The van der Waals surface area contributed by atoms with Crippen LogP contribution in [0.3, 0.4) is 0 Å². The molecular formula is C16H12F2O. The Morgan fingerprint density at radius 1 is 1.05 bits per heavy atom. The van der Waals surface area contributed by atoms with Gasteiger partial charge in [0.05, 0.1) is 5.56 Å². The Morgan fingerprint density at radius 3 is 2.42 bits per heavy atom. The van der Waals surface area contributed by atoms with Crippen molar-refractivity contribution in [3.05, 3.63) is 76.9 Å². The first kappa shape index (κ1) is 13.1. The molecule has 0 atom stereocenters. The van der Waals surface area contributed by atoms with E-state index in [0.29, 0.717) is 5.57 Å². The average Bonchev–Trinajstić information content (AvgIpc) is 2.42. The number of carbonyl (C=O) groups is 1. The monoisotopic (exact) mass is 258 g/mol. The lowest BCUT2D eigenvalue weighted by Gasteiger charge is -2.03. The van der Waals surface area contributed by atoms with Crippen molar-refractivity contribution in [2.45, 2.75) is 6.92 Å². The van der Waals surface area contributed by atoms with Crippen molar-refractivity contribution >= 4 is 11.9 Å². The van der Waals surface area contributed by atoms with Gasteiger partial charge in [-0.2, -0.15) is 0 Å². The summed E-state index contributed by atoms with van der Waals surface area (Å²) in [4.78, 5) is 12.0. The SMILES string of the molecule is CC(=Cc1ccccc1)C(=O)c1cc(F)ccc1F. The van der Waals surface area contributed by atoms with Gasteiger partial charge in [0.25, 0.3) is 0 Å². The second kappa shape index (κ2) is 5.57. The molecule has 0 bridgehead atoms. The third-order valence-electron chi connectivity index (χ3n) is 2.71. The van der Waals surface area contributed by atoms with E-state index in [1.165, 1.54) is 0 Å². The van der Waals surface area contributed by atoms with Crippen LogP contribution < -0.4 is 0 Å². The lowest BCUT2D eigenvalue weighted by Crippen LogP contribution is -2.04. The molecule has 2 aromatic carbocycles. The van der Waals surface area contributed by atoms with Crippen molar-refractivity contribution in [1.29, 1.82) is 0 Å². The highest BCUT2D eigenvalue weighted by atomic mass is 19.1. The molecule has 3 heteroatoms. The van der Waals surface area contributed by atoms with Gasteiger partial charge < -0.3 is 0 Å². The molecule has 0 unspecified atom stereocenters. The number of benzene rings is 2. The molecule has 0 spiro atoms. The number of carbonyl (C=O) groups excluding carboxylic acids is 1. The smallest absolute Gasteiger partial charge is 0.191 e. The standard InChI is InChI=1S/C16H12F2O/c1-11(9-12-5-3-2-4-6-12)16(19)14-10-13(17)7-8-15(14)18/h2-10H,1H3. The molecule has 96 valence electrons. The molecule has 0 saturated carbocycles. The first-order valence-corrected chi connectivity index (χ1v) is 5.81. The first-order chi connectivity index (χ1) is 9.08. The summed E-state index contributed by atoms with van der Waals surface area (Å²) in [6, 6.07) is 12.1. The molecule has 0 heterocycles. The van der Waals surface area contributed by atoms with E-state index in [4.69, 9.17) is 0 Å². The van der Waals surface area contributed by atoms with Crippen LogP contribution in [0.2, 0.25) is 0 Å². The van der Waals surface area contributed by atoms with Gasteiger partial charge in [0.15, 0.2) is 5.78 Å². The second-order valence-electron chi connectivity index (χ2n) is 4.19. The zero-order valence-electron chi connectivity index (χ0n) is 10.4. The zero-order chi connectivity index (χ0) is 13.8. The highest BCUT2D eigenvalue weighted by Gasteiger charge is 2.14. The lowest BCUT2D eigenvalue weighted by atomic mass is 10.0. The van der Waals surface area contributed by atoms with Crippen LogP contribution in [0, 0.1) is 11.6 Å². The Labute approximate surface area is 110 Å². The summed E-state index contributed by atoms with van der Waals surface area (Å²) in [6.07, 6.45) is 1.65. The molecule has 0 fully saturated rings. The van der Waals surface area contributed by atoms with Crippen LogP contribution in [0.15, 0.2) is 54.1 Å². The van der Waals surface area contributed by atoms with Crippen LogP contribution in [-0.4, -0.2) is 5.78 Å². The van der Waals surface area contributed by atoms with Crippen molar-refractivity contribution in [3.8, 4) is 0 Å². The molecule has 0 saturated heterocycles. The number of halogens is 2. The fraction of sp³-hybridized carbons (Fsp3) is 0.0625. The van der Waals surface area contributed by atoms with Gasteiger partial charge in [-0.15, -0.1) is 0 Å². The summed E-state index contributed by atoms with van der Waals surface area (Å²) >= 11 is 0. The van der Waals surface area contributed by atoms with Crippen LogP contribution in [0.25, 0.3) is 6.08 Å². The molecular weight excluding hydrogens is 246 g/mol. The highest BCUT2D eigenvalue weighted by Crippen LogP contribution is 2.16. The largest absolute Gasteiger partial charge is 0.289 e. The van der Waals surface area contributed by atoms with Crippen LogP contribution in [-0.2, 0) is 0 Å². The van der Waals surface area contributed by atoms with E-state index in [1.54, 1.807) is 13.0 Å². The van der Waals surface area contributed by atoms with Crippen LogP contribution >= 0.6 is 0 Å². The molecule has 1 nitrogen and oxygen atoms in total. The third-order valence-corrected chi connectivity index (χ3v) is 2.71. The summed E-state index contributed by atoms with van der Waals surface area (Å²) in [7, 11) is 0. The average molecular weight is 258 g/mol. The minimum Gasteiger partial charge on any atom is -0.289 e. The van der Waals surface area contributed by atoms with Gasteiger partial charge in [-0.1, -0.05) is 30.3 Å². The number of Topliss-reactive ketones (excluding diaryl/α,β-unsaturated/α-hetero) is 1. The van der Waals surface area contributed by atoms with Crippen molar-refractivity contribution in [2.75, 3.05) is 0 Å². The van der Waals surface area contributed by atoms with E-state index >= 15 is 0 Å². The minimum absolute atomic E-state index is 0.246. The molecule has 0 aromatic heterocycles. The van der Waals surface area contributed by atoms with Crippen molar-refractivity contribution in [3.63, 3.8) is 0 Å². The Balaban J connectivity index is 2.34. The van der Waals surface area contributed by atoms with Crippen LogP contribution in [0.5, 0.6) is 0 Å². The number of rotatable bonds is 3. The Morgan fingerprint density at radius 2 is 1.74 bits per heavy atom. The Kier molecular flexibility index (Phi) is 3.85. The lowest BCUT2D eigenvalue weighted by molar-refractivity contribution is 0.103. The Hall–Kier alpha value is -2.29. The maximum absolute atomic E-state index is 13.5. The fourth-order valence-corrected chi connectivity index (χ4v) is 1.75. The first-order valence-electron chi connectivity index (χ1n) is 5.81. The second-order valence-corrected chi connectivity index (χ2v) is 4.19. The number of hydrogen-bond donors (Lipinski definition) is 0. The normalized spacial score (nSPS) is 11.4. The molecule has 2 aromatic rings. The van der Waals surface area contributed by atoms with Gasteiger partial charge in [0, 0.05) is 0 Å². The molecule has 0 aliphatic rings. The molecule has 0 N–H and O–H groups in total. The molecule has 2 rings (SSSR count). The summed E-state index contributed by atoms with van der Waals surface area (Å²) in [5.41, 5.74) is 0.950. The molecule has 0 aliphatic carbocycles. The summed E-state index contributed by atoms with van der Waals surface area (Å²) in [5, 5.41) is 0. The van der Waals surface area contributed by atoms with E-state index in [9.17, 15) is 13.6 Å². The molecule has 0 amide bonds. The van der Waals surface area contributed by atoms with Gasteiger partial charge in [-0.25, -0.2) is 8.78 Å². The van der Waals surface area contributed by atoms with E-state index in [1.807, 2.05) is 30.3 Å². The number of allylic oxidation sites excluding steroid dienone is 1. The third kappa shape index (κ3) is 3.13. The number of ketones is 1. The predicted molar refractivity (Wildman–Crippen MR) is 70.8 cm³/mol. The van der Waals surface area contributed by atoms with Gasteiger partial charge in [-0.05, 0) is 42.3 Å². The van der Waals surface area contributed by atoms with E-state index in [2.05, 4.69) is 0 Å². The zero-order valence-corrected chi connectivity index (χ0v) is 10.4. The van der Waals surface area contributed by atoms with Gasteiger partial charge >= 0.3 is 0 Å². The van der Waals surface area contributed by atoms with E-state index in [0.717, 1.165) is 23.8 Å². The molecule has 19 heavy (non-hydrogen) atoms. The molecule has 0 aliphatic heterocycles. The fourth-order valence-electron chi connectivity index (χ4n) is 1.75. The quantitative estimate of drug-likeness (QED) is 0.594. The summed E-state index contributed by atoms with van der Waals surface area (Å²) in [5.74, 6) is -1.86. The molecule has 0 radical (unpaired) electrons. The minimum atomic E-state index is -0.716. The highest BCUT2D eigenvalue weighted by molar-refractivity contribution is 6.11. The van der Waals surface area contributed by atoms with E-state index in [-0.39, 0.29) is 5.56 Å². The van der Waals surface area contributed by atoms with Crippen molar-refractivity contribution < 1.29 is 13.6 Å². The maximum Gasteiger partial charge on any atom is 0.191 e. The van der Waals surface area contributed by atoms with Crippen molar-refractivity contribution in [2.24, 2.45) is 0 Å². The topological polar surface area (TPSA) is 17.1 Å². The number of hydrogen-bond acceptors (Lipinski definition) is 1. The van der Waals surface area contributed by atoms with Crippen molar-refractivity contribution in [1.82, 2.24) is 0 Å². The van der Waals surface area contributed by atoms with Gasteiger partial charge in [-0.3, -0.25) is 4.79 Å². The van der Waals surface area contributed by atoms with Gasteiger partial charge in [0.1, 0.15) is 11.6 Å². The van der Waals surface area contributed by atoms with Gasteiger partial charge in [0.2, 0.25) is 0 Å². The Bertz CT molecular complexity index is 630. The summed E-state index contributed by atoms with van der Waals surface area (Å²) in [6.45, 7) is 1.58. The van der Waals surface area contributed by atoms with Crippen LogP contribution in [0.1, 0.15) is 22.8 Å². The summed E-state index contributed by atoms with van der Waals surface area (Å²) < 4.78 is 26.6. The van der Waals surface area contributed by atoms with E-state index < -0.39 is 17.4 Å². The maximum atomic E-state index is 13.5.